The number of hydrogen-bond acceptors (Lipinski definition) is 1. The molecule has 0 saturated carbocycles. The Labute approximate surface area is 58.1 Å². The summed E-state index contributed by atoms with van der Waals surface area (Å²) >= 11 is 1.40. The molecule has 0 fully saturated rings. The Kier molecular flexibility index (Phi) is 2.11. The van der Waals surface area contributed by atoms with Gasteiger partial charge in [-0.25, -0.2) is 4.39 Å². The maximum Gasteiger partial charge on any atom is 0.137 e. The lowest BCUT2D eigenvalue weighted by molar-refractivity contribution is 0.602. The molecule has 1 radical (unpaired) electrons. The van der Waals surface area contributed by atoms with Gasteiger partial charge >= 0.3 is 0 Å². The van der Waals surface area contributed by atoms with Crippen LogP contribution in [0.4, 0.5) is 4.39 Å². The second-order valence-electron chi connectivity index (χ2n) is 1.56. The van der Waals surface area contributed by atoms with Gasteiger partial charge in [0.2, 0.25) is 0 Å². The summed E-state index contributed by atoms with van der Waals surface area (Å²) in [5, 5.41) is 0. The summed E-state index contributed by atoms with van der Waals surface area (Å²) in [5.74, 6) is -0.190. The Morgan fingerprint density at radius 2 is 2.44 bits per heavy atom. The molecule has 1 aromatic carbocycles. The van der Waals surface area contributed by atoms with Crippen molar-refractivity contribution in [3.05, 3.63) is 30.1 Å². The first-order chi connectivity index (χ1) is 4.34. The van der Waals surface area contributed by atoms with Crippen LogP contribution >= 0.6 is 11.8 Å². The first-order valence-electron chi connectivity index (χ1n) is 2.54. The average Bonchev–Trinajstić information content (AvgIpc) is 1.89. The summed E-state index contributed by atoms with van der Waals surface area (Å²) in [5.41, 5.74) is 0. The van der Waals surface area contributed by atoms with Crippen molar-refractivity contribution in [3.63, 3.8) is 0 Å². The number of halogens is 1. The van der Waals surface area contributed by atoms with E-state index in [1.807, 2.05) is 6.26 Å². The largest absolute Gasteiger partial charge is 0.206 e. The molecule has 9 heavy (non-hydrogen) atoms. The third-order valence-electron chi connectivity index (χ3n) is 0.996. The van der Waals surface area contributed by atoms with Crippen molar-refractivity contribution in [2.24, 2.45) is 0 Å². The fraction of sp³-hybridized carbons (Fsp3) is 0.143. The summed E-state index contributed by atoms with van der Waals surface area (Å²) in [6, 6.07) is 7.40. The smallest absolute Gasteiger partial charge is 0.137 e. The number of benzene rings is 1. The second-order valence-corrected chi connectivity index (χ2v) is 2.41. The van der Waals surface area contributed by atoms with E-state index in [9.17, 15) is 4.39 Å². The third kappa shape index (κ3) is 1.45. The summed E-state index contributed by atoms with van der Waals surface area (Å²) in [4.78, 5) is 0.675. The molecule has 0 aliphatic carbocycles. The van der Waals surface area contributed by atoms with Crippen molar-refractivity contribution in [1.82, 2.24) is 0 Å². The van der Waals surface area contributed by atoms with E-state index in [-0.39, 0.29) is 5.82 Å². The zero-order valence-electron chi connectivity index (χ0n) is 5.02. The maximum absolute atomic E-state index is 12.5. The summed E-state index contributed by atoms with van der Waals surface area (Å²) < 4.78 is 12.5. The fourth-order valence-corrected chi connectivity index (χ4v) is 1.02. The van der Waals surface area contributed by atoms with E-state index in [0.29, 0.717) is 4.90 Å². The Balaban J connectivity index is 3.01. The van der Waals surface area contributed by atoms with Gasteiger partial charge in [-0.05, 0) is 24.5 Å². The van der Waals surface area contributed by atoms with Crippen molar-refractivity contribution in [3.8, 4) is 0 Å². The van der Waals surface area contributed by atoms with Crippen LogP contribution in [-0.4, -0.2) is 6.26 Å². The average molecular weight is 141 g/mol. The summed E-state index contributed by atoms with van der Waals surface area (Å²) in [6.07, 6.45) is 1.85. The van der Waals surface area contributed by atoms with Crippen LogP contribution in [0.3, 0.4) is 0 Å². The molecule has 0 amide bonds. The zero-order chi connectivity index (χ0) is 6.69. The van der Waals surface area contributed by atoms with E-state index in [2.05, 4.69) is 6.07 Å². The van der Waals surface area contributed by atoms with Crippen LogP contribution in [0.2, 0.25) is 0 Å². The normalized spacial score (nSPS) is 9.56. The van der Waals surface area contributed by atoms with Crippen molar-refractivity contribution >= 4 is 11.8 Å². The van der Waals surface area contributed by atoms with Gasteiger partial charge in [0.1, 0.15) is 5.82 Å². The molecule has 47 valence electrons. The first-order valence-corrected chi connectivity index (χ1v) is 3.76. The summed E-state index contributed by atoms with van der Waals surface area (Å²) in [7, 11) is 0. The topological polar surface area (TPSA) is 0 Å². The molecule has 0 N–H and O–H groups in total. The Bertz CT molecular complexity index is 198. The van der Waals surface area contributed by atoms with Crippen molar-refractivity contribution < 1.29 is 4.39 Å². The van der Waals surface area contributed by atoms with E-state index in [1.165, 1.54) is 17.8 Å². The molecular weight excluding hydrogens is 135 g/mol. The quantitative estimate of drug-likeness (QED) is 0.541. The Morgan fingerprint density at radius 3 is 2.89 bits per heavy atom. The van der Waals surface area contributed by atoms with Gasteiger partial charge in [-0.1, -0.05) is 6.07 Å². The number of hydrogen-bond donors (Lipinski definition) is 0. The minimum absolute atomic E-state index is 0.190. The molecule has 1 aromatic rings. The van der Waals surface area contributed by atoms with E-state index in [1.54, 1.807) is 12.1 Å². The van der Waals surface area contributed by atoms with Gasteiger partial charge in [-0.15, -0.1) is 11.8 Å². The Hall–Kier alpha value is -0.500. The molecular formula is C7H6FS. The molecule has 0 spiro atoms. The van der Waals surface area contributed by atoms with E-state index >= 15 is 0 Å². The van der Waals surface area contributed by atoms with Gasteiger partial charge < -0.3 is 0 Å². The van der Waals surface area contributed by atoms with Gasteiger partial charge in [-0.2, -0.15) is 0 Å². The molecule has 0 saturated heterocycles. The molecule has 2 heteroatoms. The van der Waals surface area contributed by atoms with Gasteiger partial charge in [0.15, 0.2) is 0 Å². The van der Waals surface area contributed by atoms with Crippen LogP contribution in [-0.2, 0) is 0 Å². The monoisotopic (exact) mass is 141 g/mol. The van der Waals surface area contributed by atoms with Crippen LogP contribution < -0.4 is 0 Å². The standard InChI is InChI=1S/C7H6FS/c1-9-7-5-3-2-4-6(7)8/h3-5H,1H3. The van der Waals surface area contributed by atoms with E-state index in [4.69, 9.17) is 0 Å². The molecule has 0 heterocycles. The zero-order valence-corrected chi connectivity index (χ0v) is 5.83. The number of thioether (sulfide) groups is 1. The predicted octanol–water partition coefficient (Wildman–Crippen LogP) is 2.35. The van der Waals surface area contributed by atoms with Crippen LogP contribution in [0.5, 0.6) is 0 Å². The van der Waals surface area contributed by atoms with E-state index in [0.717, 1.165) is 0 Å². The molecule has 0 aliphatic rings. The van der Waals surface area contributed by atoms with Crippen molar-refractivity contribution in [2.45, 2.75) is 4.90 Å². The number of rotatable bonds is 1. The Morgan fingerprint density at radius 1 is 1.67 bits per heavy atom. The lowest BCUT2D eigenvalue weighted by Crippen LogP contribution is -1.75. The van der Waals surface area contributed by atoms with Gasteiger partial charge in [-0.3, -0.25) is 0 Å². The van der Waals surface area contributed by atoms with Crippen LogP contribution in [0.15, 0.2) is 23.1 Å². The maximum atomic E-state index is 12.5. The van der Waals surface area contributed by atoms with Crippen LogP contribution in [0.1, 0.15) is 0 Å². The molecule has 0 aromatic heterocycles. The highest BCUT2D eigenvalue weighted by Gasteiger charge is 1.94. The highest BCUT2D eigenvalue weighted by molar-refractivity contribution is 7.98. The van der Waals surface area contributed by atoms with Gasteiger partial charge in [0.25, 0.3) is 0 Å². The molecule has 1 rings (SSSR count). The van der Waals surface area contributed by atoms with Gasteiger partial charge in [0.05, 0.1) is 0 Å². The molecule has 0 atom stereocenters. The third-order valence-corrected chi connectivity index (χ3v) is 1.77. The fourth-order valence-electron chi connectivity index (χ4n) is 0.561. The summed E-state index contributed by atoms with van der Waals surface area (Å²) in [6.45, 7) is 0. The molecule has 0 nitrogen and oxygen atoms in total. The lowest BCUT2D eigenvalue weighted by atomic mass is 10.4. The molecule has 0 aliphatic heterocycles. The van der Waals surface area contributed by atoms with Crippen molar-refractivity contribution in [1.29, 1.82) is 0 Å². The van der Waals surface area contributed by atoms with Crippen LogP contribution in [0, 0.1) is 11.9 Å². The molecule has 0 unspecified atom stereocenters. The minimum atomic E-state index is -0.190. The minimum Gasteiger partial charge on any atom is -0.206 e. The first kappa shape index (κ1) is 6.62. The lowest BCUT2D eigenvalue weighted by Gasteiger charge is -1.93. The highest BCUT2D eigenvalue weighted by Crippen LogP contribution is 2.16. The molecule has 0 bridgehead atoms. The van der Waals surface area contributed by atoms with Crippen LogP contribution in [0.25, 0.3) is 0 Å². The van der Waals surface area contributed by atoms with E-state index < -0.39 is 0 Å². The van der Waals surface area contributed by atoms with Crippen molar-refractivity contribution in [2.75, 3.05) is 6.26 Å². The second kappa shape index (κ2) is 2.87. The highest BCUT2D eigenvalue weighted by atomic mass is 32.2. The SMILES string of the molecule is CSc1cc[c]cc1F. The predicted molar refractivity (Wildman–Crippen MR) is 37.0 cm³/mol. The van der Waals surface area contributed by atoms with Gasteiger partial charge in [0, 0.05) is 4.90 Å².